The lowest BCUT2D eigenvalue weighted by Gasteiger charge is -2.35. The maximum Gasteiger partial charge on any atom is 0.471 e. The van der Waals surface area contributed by atoms with E-state index in [0.29, 0.717) is 23.1 Å². The molecule has 0 radical (unpaired) electrons. The minimum atomic E-state index is -4.68. The van der Waals surface area contributed by atoms with Gasteiger partial charge >= 0.3 is 18.2 Å². The fraction of sp³-hybridized carbons (Fsp3) is 0.667. The van der Waals surface area contributed by atoms with Crippen molar-refractivity contribution >= 4 is 22.6 Å². The monoisotopic (exact) mass is 447 g/mol. The van der Waals surface area contributed by atoms with Gasteiger partial charge in [0.1, 0.15) is 5.60 Å². The van der Waals surface area contributed by atoms with E-state index in [9.17, 15) is 18.0 Å². The SMILES string of the molecule is CC.CC(C)(C)OC(=O)N1CC2CC1CN2c1ncc(-c2noc(C(F)(F)F)n2)s1. The van der Waals surface area contributed by atoms with Crippen LogP contribution in [-0.2, 0) is 10.9 Å². The number of anilines is 1. The number of halogens is 3. The van der Waals surface area contributed by atoms with Crippen LogP contribution in [0.15, 0.2) is 10.7 Å². The van der Waals surface area contributed by atoms with Gasteiger partial charge in [0, 0.05) is 13.1 Å². The van der Waals surface area contributed by atoms with Crippen LogP contribution in [0.25, 0.3) is 10.7 Å². The van der Waals surface area contributed by atoms with Gasteiger partial charge in [-0.25, -0.2) is 9.78 Å². The highest BCUT2D eigenvalue weighted by molar-refractivity contribution is 7.18. The van der Waals surface area contributed by atoms with E-state index >= 15 is 0 Å². The number of piperazine rings is 1. The van der Waals surface area contributed by atoms with Crippen molar-refractivity contribution in [3.8, 4) is 10.7 Å². The first-order chi connectivity index (χ1) is 14.0. The average molecular weight is 447 g/mol. The molecule has 0 aliphatic carbocycles. The van der Waals surface area contributed by atoms with E-state index in [1.165, 1.54) is 17.5 Å². The molecule has 2 bridgehead atoms. The second-order valence-electron chi connectivity index (χ2n) is 7.76. The van der Waals surface area contributed by atoms with E-state index < -0.39 is 17.7 Å². The lowest BCUT2D eigenvalue weighted by Crippen LogP contribution is -2.50. The second-order valence-corrected chi connectivity index (χ2v) is 8.77. The van der Waals surface area contributed by atoms with E-state index in [0.717, 1.165) is 6.42 Å². The maximum absolute atomic E-state index is 12.6. The van der Waals surface area contributed by atoms with Crippen molar-refractivity contribution in [3.63, 3.8) is 0 Å². The summed E-state index contributed by atoms with van der Waals surface area (Å²) in [6.07, 6.45) is -2.78. The van der Waals surface area contributed by atoms with Gasteiger partial charge in [0.15, 0.2) is 5.13 Å². The lowest BCUT2D eigenvalue weighted by atomic mass is 10.2. The highest BCUT2D eigenvalue weighted by Crippen LogP contribution is 2.39. The lowest BCUT2D eigenvalue weighted by molar-refractivity contribution is -0.159. The predicted octanol–water partition coefficient (Wildman–Crippen LogP) is 4.44. The topological polar surface area (TPSA) is 84.6 Å². The number of likely N-dealkylation sites (tertiary alicyclic amines) is 1. The summed E-state index contributed by atoms with van der Waals surface area (Å²) in [6, 6.07) is 0.113. The number of hydrogen-bond donors (Lipinski definition) is 0. The zero-order valence-electron chi connectivity index (χ0n) is 17.4. The van der Waals surface area contributed by atoms with Crippen LogP contribution in [0.5, 0.6) is 0 Å². The van der Waals surface area contributed by atoms with Crippen molar-refractivity contribution in [2.24, 2.45) is 0 Å². The minimum absolute atomic E-state index is 0.0224. The molecule has 2 atom stereocenters. The van der Waals surface area contributed by atoms with Gasteiger partial charge in [0.25, 0.3) is 0 Å². The molecule has 1 amide bonds. The summed E-state index contributed by atoms with van der Waals surface area (Å²) in [6.45, 7) is 10.6. The number of ether oxygens (including phenoxy) is 1. The summed E-state index contributed by atoms with van der Waals surface area (Å²) in [7, 11) is 0. The highest BCUT2D eigenvalue weighted by atomic mass is 32.1. The summed E-state index contributed by atoms with van der Waals surface area (Å²) in [5.41, 5.74) is -0.553. The third-order valence-corrected chi connectivity index (χ3v) is 5.53. The molecule has 0 aromatic carbocycles. The van der Waals surface area contributed by atoms with Gasteiger partial charge in [-0.3, -0.25) is 0 Å². The second kappa shape index (κ2) is 8.05. The van der Waals surface area contributed by atoms with Gasteiger partial charge < -0.3 is 19.1 Å². The van der Waals surface area contributed by atoms with Gasteiger partial charge in [-0.1, -0.05) is 30.3 Å². The Bertz CT molecular complexity index is 892. The molecule has 4 heterocycles. The first-order valence-electron chi connectivity index (χ1n) is 9.64. The Balaban J connectivity index is 0.00000124. The van der Waals surface area contributed by atoms with Crippen molar-refractivity contribution in [1.29, 1.82) is 0 Å². The molecule has 0 N–H and O–H groups in total. The average Bonchev–Trinajstić information content (AvgIpc) is 3.42. The number of aromatic nitrogens is 3. The van der Waals surface area contributed by atoms with E-state index in [4.69, 9.17) is 4.74 Å². The van der Waals surface area contributed by atoms with Gasteiger partial charge in [0.2, 0.25) is 5.82 Å². The van der Waals surface area contributed by atoms with Gasteiger partial charge in [-0.15, -0.1) is 0 Å². The Labute approximate surface area is 176 Å². The van der Waals surface area contributed by atoms with Crippen molar-refractivity contribution in [3.05, 3.63) is 12.1 Å². The first-order valence-corrected chi connectivity index (χ1v) is 10.5. The Morgan fingerprint density at radius 3 is 2.47 bits per heavy atom. The Morgan fingerprint density at radius 1 is 1.23 bits per heavy atom. The molecule has 8 nitrogen and oxygen atoms in total. The number of rotatable bonds is 2. The number of hydrogen-bond acceptors (Lipinski definition) is 8. The van der Waals surface area contributed by atoms with Crippen molar-refractivity contribution in [2.75, 3.05) is 18.0 Å². The Morgan fingerprint density at radius 2 is 1.93 bits per heavy atom. The molecule has 0 spiro atoms. The zero-order valence-corrected chi connectivity index (χ0v) is 18.2. The normalized spacial score (nSPS) is 20.9. The molecule has 4 rings (SSSR count). The molecule has 0 saturated carbocycles. The molecule has 2 aliphatic heterocycles. The van der Waals surface area contributed by atoms with E-state index in [2.05, 4.69) is 24.5 Å². The van der Waals surface area contributed by atoms with Crippen molar-refractivity contribution in [2.45, 2.75) is 64.9 Å². The molecule has 166 valence electrons. The fourth-order valence-electron chi connectivity index (χ4n) is 3.39. The quantitative estimate of drug-likeness (QED) is 0.673. The standard InChI is InChI=1S/C16H18F3N5O3S.C2H6/c1-15(2,3)26-14(25)24-7-8-4-9(24)6-23(8)13-20-5-10(28-13)11-21-12(27-22-11)16(17,18)19;1-2/h5,8-9H,4,6-7H2,1-3H3;1-2H3. The van der Waals surface area contributed by atoms with Gasteiger partial charge in [0.05, 0.1) is 23.2 Å². The third kappa shape index (κ3) is 4.52. The zero-order chi connectivity index (χ0) is 22.3. The highest BCUT2D eigenvalue weighted by Gasteiger charge is 2.47. The van der Waals surface area contributed by atoms with Crippen LogP contribution < -0.4 is 4.90 Å². The Kier molecular flexibility index (Phi) is 5.99. The number of thiazole rings is 1. The summed E-state index contributed by atoms with van der Waals surface area (Å²) in [5.74, 6) is -1.53. The maximum atomic E-state index is 12.6. The Hall–Kier alpha value is -2.37. The van der Waals surface area contributed by atoms with Crippen molar-refractivity contribution < 1.29 is 27.2 Å². The summed E-state index contributed by atoms with van der Waals surface area (Å²) in [5, 5.41) is 4.04. The molecule has 2 aromatic heterocycles. The summed E-state index contributed by atoms with van der Waals surface area (Å²) in [4.78, 5) is 24.2. The largest absolute Gasteiger partial charge is 0.471 e. The van der Waals surface area contributed by atoms with E-state index in [1.54, 1.807) is 4.90 Å². The fourth-order valence-corrected chi connectivity index (χ4v) is 4.31. The molecule has 2 aliphatic rings. The molecule has 2 fully saturated rings. The first kappa shape index (κ1) is 22.3. The summed E-state index contributed by atoms with van der Waals surface area (Å²) >= 11 is 1.19. The van der Waals surface area contributed by atoms with Crippen LogP contribution in [0, 0.1) is 0 Å². The molecule has 12 heteroatoms. The number of carbonyl (C=O) groups is 1. The van der Waals surface area contributed by atoms with Crippen molar-refractivity contribution in [1.82, 2.24) is 20.0 Å². The molecule has 2 aromatic rings. The molecule has 2 unspecified atom stereocenters. The van der Waals surface area contributed by atoms with Crippen LogP contribution in [-0.4, -0.2) is 56.9 Å². The van der Waals surface area contributed by atoms with Crippen LogP contribution >= 0.6 is 11.3 Å². The third-order valence-electron chi connectivity index (χ3n) is 4.50. The minimum Gasteiger partial charge on any atom is -0.444 e. The molecule has 30 heavy (non-hydrogen) atoms. The predicted molar refractivity (Wildman–Crippen MR) is 104 cm³/mol. The number of alkyl halides is 3. The molecular weight excluding hydrogens is 423 g/mol. The van der Waals surface area contributed by atoms with Gasteiger partial charge in [-0.2, -0.15) is 18.2 Å². The van der Waals surface area contributed by atoms with E-state index in [-0.39, 0.29) is 24.0 Å². The summed E-state index contributed by atoms with van der Waals surface area (Å²) < 4.78 is 47.6. The van der Waals surface area contributed by atoms with Crippen LogP contribution in [0.1, 0.15) is 46.9 Å². The smallest absolute Gasteiger partial charge is 0.444 e. The van der Waals surface area contributed by atoms with Gasteiger partial charge in [-0.05, 0) is 27.2 Å². The van der Waals surface area contributed by atoms with E-state index in [1.807, 2.05) is 34.6 Å². The van der Waals surface area contributed by atoms with Crippen LogP contribution in [0.2, 0.25) is 0 Å². The van der Waals surface area contributed by atoms with Crippen LogP contribution in [0.4, 0.5) is 23.1 Å². The molecular formula is C18H24F3N5O3S. The molecule has 2 saturated heterocycles. The number of nitrogens with zero attached hydrogens (tertiary/aromatic N) is 5. The number of fused-ring (bicyclic) bond motifs is 2. The number of carbonyl (C=O) groups excluding carboxylic acids is 1. The number of amides is 1. The van der Waals surface area contributed by atoms with Crippen LogP contribution in [0.3, 0.4) is 0 Å².